The first-order chi connectivity index (χ1) is 12.6. The van der Waals surface area contributed by atoms with Crippen molar-refractivity contribution in [2.75, 3.05) is 13.1 Å². The zero-order valence-electron chi connectivity index (χ0n) is 14.4. The second kappa shape index (κ2) is 7.02. The third-order valence-corrected chi connectivity index (χ3v) is 5.16. The maximum atomic E-state index is 14.0. The fourth-order valence-corrected chi connectivity index (χ4v) is 3.84. The molecule has 2 N–H and O–H groups in total. The number of nitrogens with one attached hydrogen (secondary N) is 1. The van der Waals surface area contributed by atoms with E-state index in [-0.39, 0.29) is 16.9 Å². The molecule has 2 atom stereocenters. The summed E-state index contributed by atoms with van der Waals surface area (Å²) in [5.41, 5.74) is 1.88. The van der Waals surface area contributed by atoms with E-state index < -0.39 is 11.9 Å². The highest BCUT2D eigenvalue weighted by molar-refractivity contribution is 5.78. The van der Waals surface area contributed by atoms with Gasteiger partial charge >= 0.3 is 0 Å². The number of piperidine rings is 1. The summed E-state index contributed by atoms with van der Waals surface area (Å²) < 4.78 is 14.0. The number of aliphatic hydroxyl groups is 1. The Kier molecular flexibility index (Phi) is 4.57. The van der Waals surface area contributed by atoms with Crippen LogP contribution in [-0.4, -0.2) is 34.2 Å². The number of likely N-dealkylation sites (tertiary alicyclic amines) is 1. The van der Waals surface area contributed by atoms with Gasteiger partial charge in [-0.3, -0.25) is 9.69 Å². The van der Waals surface area contributed by atoms with E-state index in [0.717, 1.165) is 18.5 Å². The van der Waals surface area contributed by atoms with Gasteiger partial charge in [-0.25, -0.2) is 4.39 Å². The van der Waals surface area contributed by atoms with Crippen molar-refractivity contribution in [3.63, 3.8) is 0 Å². The van der Waals surface area contributed by atoms with Gasteiger partial charge in [0, 0.05) is 36.2 Å². The minimum absolute atomic E-state index is 0.126. The smallest absolute Gasteiger partial charge is 0.189 e. The molecule has 2 heterocycles. The van der Waals surface area contributed by atoms with Gasteiger partial charge < -0.3 is 10.1 Å². The van der Waals surface area contributed by atoms with E-state index >= 15 is 0 Å². The number of fused-ring (bicyclic) bond motifs is 1. The van der Waals surface area contributed by atoms with E-state index in [1.165, 1.54) is 18.2 Å². The van der Waals surface area contributed by atoms with Crippen LogP contribution in [0.25, 0.3) is 10.9 Å². The number of benzene rings is 2. The molecule has 0 aliphatic carbocycles. The number of rotatable bonds is 3. The molecule has 4 nitrogen and oxygen atoms in total. The van der Waals surface area contributed by atoms with Crippen LogP contribution in [0.15, 0.2) is 59.4 Å². The summed E-state index contributed by atoms with van der Waals surface area (Å²) in [5.74, 6) is -0.301. The minimum atomic E-state index is -0.463. The van der Waals surface area contributed by atoms with E-state index in [1.54, 1.807) is 6.07 Å². The molecule has 0 unspecified atom stereocenters. The number of halogens is 1. The molecule has 3 aromatic rings. The Bertz CT molecular complexity index is 971. The van der Waals surface area contributed by atoms with Crippen LogP contribution in [-0.2, 0) is 6.54 Å². The normalized spacial score (nSPS) is 21.2. The lowest BCUT2D eigenvalue weighted by Gasteiger charge is -2.36. The van der Waals surface area contributed by atoms with Crippen molar-refractivity contribution in [3.05, 3.63) is 81.9 Å². The molecule has 4 rings (SSSR count). The zero-order valence-corrected chi connectivity index (χ0v) is 14.4. The minimum Gasteiger partial charge on any atom is -0.391 e. The zero-order chi connectivity index (χ0) is 18.1. The van der Waals surface area contributed by atoms with Crippen molar-refractivity contribution < 1.29 is 9.50 Å². The van der Waals surface area contributed by atoms with Crippen LogP contribution >= 0.6 is 0 Å². The van der Waals surface area contributed by atoms with Gasteiger partial charge in [0.2, 0.25) is 0 Å². The monoisotopic (exact) mass is 352 g/mol. The SMILES string of the molecule is O=c1cc(CN2CC[C@H](c3ccccc3)[C@H](O)C2)[nH]c2c(F)cccc12. The van der Waals surface area contributed by atoms with Crippen LogP contribution in [0.3, 0.4) is 0 Å². The van der Waals surface area contributed by atoms with Crippen LogP contribution in [0, 0.1) is 5.82 Å². The molecule has 1 aromatic heterocycles. The quantitative estimate of drug-likeness (QED) is 0.762. The number of pyridine rings is 1. The predicted molar refractivity (Wildman–Crippen MR) is 99.6 cm³/mol. The lowest BCUT2D eigenvalue weighted by molar-refractivity contribution is 0.0471. The third kappa shape index (κ3) is 3.28. The fourth-order valence-electron chi connectivity index (χ4n) is 3.84. The molecule has 1 aliphatic rings. The van der Waals surface area contributed by atoms with E-state index in [1.807, 2.05) is 30.3 Å². The highest BCUT2D eigenvalue weighted by Gasteiger charge is 2.28. The molecule has 26 heavy (non-hydrogen) atoms. The van der Waals surface area contributed by atoms with E-state index in [0.29, 0.717) is 24.2 Å². The van der Waals surface area contributed by atoms with Crippen LogP contribution < -0.4 is 5.43 Å². The molecule has 5 heteroatoms. The Morgan fingerprint density at radius 2 is 1.96 bits per heavy atom. The fraction of sp³-hybridized carbons (Fsp3) is 0.286. The molecule has 0 bridgehead atoms. The maximum Gasteiger partial charge on any atom is 0.189 e. The van der Waals surface area contributed by atoms with E-state index in [9.17, 15) is 14.3 Å². The molecule has 0 amide bonds. The summed E-state index contributed by atoms with van der Waals surface area (Å²) in [6.45, 7) is 1.82. The molecule has 1 saturated heterocycles. The number of hydrogen-bond acceptors (Lipinski definition) is 3. The van der Waals surface area contributed by atoms with Crippen LogP contribution in [0.5, 0.6) is 0 Å². The lowest BCUT2D eigenvalue weighted by Crippen LogP contribution is -2.42. The topological polar surface area (TPSA) is 56.3 Å². The Morgan fingerprint density at radius 1 is 1.15 bits per heavy atom. The lowest BCUT2D eigenvalue weighted by atomic mass is 9.87. The standard InChI is InChI=1S/C21H21FN2O2/c22-18-8-4-7-17-19(25)11-15(23-21(17)18)12-24-10-9-16(20(26)13-24)14-5-2-1-3-6-14/h1-8,11,16,20,26H,9-10,12-13H2,(H,23,25)/t16-,20-/m1/s1. The summed E-state index contributed by atoms with van der Waals surface area (Å²) in [7, 11) is 0. The Balaban J connectivity index is 1.52. The number of aromatic amines is 1. The summed E-state index contributed by atoms with van der Waals surface area (Å²) in [6, 6.07) is 16.1. The second-order valence-electron chi connectivity index (χ2n) is 6.93. The molecule has 1 aliphatic heterocycles. The van der Waals surface area contributed by atoms with Crippen LogP contribution in [0.1, 0.15) is 23.6 Å². The number of aliphatic hydroxyl groups excluding tert-OH is 1. The van der Waals surface area contributed by atoms with Gasteiger partial charge in [0.25, 0.3) is 0 Å². The van der Waals surface area contributed by atoms with Crippen molar-refractivity contribution >= 4 is 10.9 Å². The number of H-pyrrole nitrogens is 1. The molecular weight excluding hydrogens is 331 g/mol. The summed E-state index contributed by atoms with van der Waals surface area (Å²) in [4.78, 5) is 17.4. The average molecular weight is 352 g/mol. The van der Waals surface area contributed by atoms with Gasteiger partial charge in [0.15, 0.2) is 5.43 Å². The molecule has 2 aromatic carbocycles. The molecule has 0 saturated carbocycles. The number of para-hydroxylation sites is 1. The first kappa shape index (κ1) is 16.9. The second-order valence-corrected chi connectivity index (χ2v) is 6.93. The van der Waals surface area contributed by atoms with Crippen LogP contribution in [0.4, 0.5) is 4.39 Å². The molecule has 1 fully saturated rings. The van der Waals surface area contributed by atoms with E-state index in [4.69, 9.17) is 0 Å². The van der Waals surface area contributed by atoms with Crippen molar-refractivity contribution in [1.82, 2.24) is 9.88 Å². The van der Waals surface area contributed by atoms with Crippen molar-refractivity contribution in [1.29, 1.82) is 0 Å². The van der Waals surface area contributed by atoms with Crippen molar-refractivity contribution in [3.8, 4) is 0 Å². The average Bonchev–Trinajstić information content (AvgIpc) is 2.64. The summed E-state index contributed by atoms with van der Waals surface area (Å²) in [6.07, 6.45) is 0.382. The molecule has 134 valence electrons. The molecular formula is C21H21FN2O2. The van der Waals surface area contributed by atoms with Crippen molar-refractivity contribution in [2.45, 2.75) is 25.0 Å². The number of hydrogen-bond donors (Lipinski definition) is 2. The Hall–Kier alpha value is -2.50. The van der Waals surface area contributed by atoms with Gasteiger partial charge in [-0.05, 0) is 30.7 Å². The first-order valence-corrected chi connectivity index (χ1v) is 8.87. The largest absolute Gasteiger partial charge is 0.391 e. The van der Waals surface area contributed by atoms with Crippen molar-refractivity contribution in [2.24, 2.45) is 0 Å². The van der Waals surface area contributed by atoms with Gasteiger partial charge in [-0.1, -0.05) is 36.4 Å². The highest BCUT2D eigenvalue weighted by Crippen LogP contribution is 2.28. The number of nitrogens with zero attached hydrogens (tertiary/aromatic N) is 1. The third-order valence-electron chi connectivity index (χ3n) is 5.16. The highest BCUT2D eigenvalue weighted by atomic mass is 19.1. The van der Waals surface area contributed by atoms with Gasteiger partial charge in [-0.15, -0.1) is 0 Å². The number of aromatic nitrogens is 1. The Labute approximate surface area is 150 Å². The van der Waals surface area contributed by atoms with Gasteiger partial charge in [0.1, 0.15) is 5.82 Å². The van der Waals surface area contributed by atoms with Crippen LogP contribution in [0.2, 0.25) is 0 Å². The molecule has 0 spiro atoms. The predicted octanol–water partition coefficient (Wildman–Crippen LogP) is 3.02. The first-order valence-electron chi connectivity index (χ1n) is 8.87. The van der Waals surface area contributed by atoms with Gasteiger partial charge in [0.05, 0.1) is 11.6 Å². The number of β-amino-alcohol motifs (C(OH)–C–C–N with tert-alkyl or cyclic N) is 1. The summed E-state index contributed by atoms with van der Waals surface area (Å²) >= 11 is 0. The Morgan fingerprint density at radius 3 is 2.73 bits per heavy atom. The molecule has 0 radical (unpaired) electrons. The van der Waals surface area contributed by atoms with Gasteiger partial charge in [-0.2, -0.15) is 0 Å². The maximum absolute atomic E-state index is 14.0. The summed E-state index contributed by atoms with van der Waals surface area (Å²) in [5, 5.41) is 10.9. The van der Waals surface area contributed by atoms with E-state index in [2.05, 4.69) is 9.88 Å².